The summed E-state index contributed by atoms with van der Waals surface area (Å²) in [6, 6.07) is 0. The third-order valence-electron chi connectivity index (χ3n) is 19.2. The number of carbonyl (C=O) groups excluding carboxylic acids is 1. The zero-order valence-corrected chi connectivity index (χ0v) is 46.4. The van der Waals surface area contributed by atoms with Crippen molar-refractivity contribution in [3.8, 4) is 0 Å². The third-order valence-corrected chi connectivity index (χ3v) is 19.2. The maximum absolute atomic E-state index is 13.0. The Morgan fingerprint density at radius 1 is 0.567 bits per heavy atom. The molecule has 8 unspecified atom stereocenters. The third kappa shape index (κ3) is 22.1. The number of unbranched alkanes of at least 4 members (excludes halogenated alkanes) is 31. The molecule has 8 atom stereocenters. The van der Waals surface area contributed by atoms with Gasteiger partial charge < -0.3 is 4.74 Å². The molecule has 67 heavy (non-hydrogen) atoms. The highest BCUT2D eigenvalue weighted by atomic mass is 16.5. The minimum Gasteiger partial charge on any atom is -0.462 e. The normalized spacial score (nSPS) is 26.4. The predicted molar refractivity (Wildman–Crippen MR) is 295 cm³/mol. The number of hydrogen-bond acceptors (Lipinski definition) is 2. The van der Waals surface area contributed by atoms with Crippen LogP contribution in [0.15, 0.2) is 23.8 Å². The van der Waals surface area contributed by atoms with Crippen molar-refractivity contribution in [2.45, 2.75) is 337 Å². The van der Waals surface area contributed by atoms with Crippen molar-refractivity contribution in [1.29, 1.82) is 0 Å². The highest BCUT2D eigenvalue weighted by Gasteiger charge is 2.59. The minimum atomic E-state index is 0.0699. The van der Waals surface area contributed by atoms with Crippen LogP contribution in [0.1, 0.15) is 330 Å². The Labute approximate surface area is 420 Å². The Morgan fingerprint density at radius 3 is 1.54 bits per heavy atom. The maximum atomic E-state index is 13.0. The molecule has 0 aromatic carbocycles. The number of esters is 1. The van der Waals surface area contributed by atoms with E-state index in [0.717, 1.165) is 54.8 Å². The fourth-order valence-corrected chi connectivity index (χ4v) is 14.9. The van der Waals surface area contributed by atoms with Gasteiger partial charge >= 0.3 is 5.97 Å². The van der Waals surface area contributed by atoms with Crippen molar-refractivity contribution >= 4 is 5.97 Å². The molecule has 0 amide bonds. The highest BCUT2D eigenvalue weighted by molar-refractivity contribution is 5.69. The SMILES string of the molecule is CCCCCCCCCC/C=C\CCCCCCCCCCCCCCCCCCCCCCCCCC(=O)OC1CCC2(C)C(=CCC3C2CCC2(C)C(C(C)CCCC(C)C)CCC32)C1. The number of ether oxygens (including phenoxy) is 1. The molecule has 0 aliphatic heterocycles. The molecule has 0 N–H and O–H groups in total. The fourth-order valence-electron chi connectivity index (χ4n) is 14.9. The number of allylic oxidation sites excluding steroid dienone is 3. The molecule has 4 aliphatic rings. The van der Waals surface area contributed by atoms with E-state index in [9.17, 15) is 4.79 Å². The predicted octanol–water partition coefficient (Wildman–Crippen LogP) is 21.8. The van der Waals surface area contributed by atoms with E-state index in [1.54, 1.807) is 5.57 Å². The molecule has 4 rings (SSSR count). The van der Waals surface area contributed by atoms with Gasteiger partial charge in [-0.05, 0) is 123 Å². The molecule has 3 fully saturated rings. The first kappa shape index (κ1) is 58.5. The number of fused-ring (bicyclic) bond motifs is 5. The van der Waals surface area contributed by atoms with Crippen molar-refractivity contribution in [2.75, 3.05) is 0 Å². The lowest BCUT2D eigenvalue weighted by Crippen LogP contribution is -2.51. The van der Waals surface area contributed by atoms with Crippen LogP contribution in [0.2, 0.25) is 0 Å². The van der Waals surface area contributed by atoms with E-state index in [0.29, 0.717) is 17.3 Å². The molecule has 390 valence electrons. The summed E-state index contributed by atoms with van der Waals surface area (Å²) in [4.78, 5) is 13.0. The van der Waals surface area contributed by atoms with Crippen LogP contribution in [0.5, 0.6) is 0 Å². The molecule has 0 heterocycles. The summed E-state index contributed by atoms with van der Waals surface area (Å²) in [5, 5.41) is 0. The van der Waals surface area contributed by atoms with E-state index in [-0.39, 0.29) is 12.1 Å². The van der Waals surface area contributed by atoms with Crippen LogP contribution in [0.25, 0.3) is 0 Å². The molecule has 0 spiro atoms. The molecular weight excluding hydrogens is 813 g/mol. The van der Waals surface area contributed by atoms with E-state index in [1.165, 1.54) is 263 Å². The zero-order valence-electron chi connectivity index (χ0n) is 46.4. The maximum Gasteiger partial charge on any atom is 0.306 e. The largest absolute Gasteiger partial charge is 0.462 e. The van der Waals surface area contributed by atoms with E-state index >= 15 is 0 Å². The van der Waals surface area contributed by atoms with Crippen molar-refractivity contribution in [1.82, 2.24) is 0 Å². The van der Waals surface area contributed by atoms with E-state index in [4.69, 9.17) is 4.74 Å². The Hall–Kier alpha value is -1.05. The molecule has 0 saturated heterocycles. The van der Waals surface area contributed by atoms with Crippen LogP contribution >= 0.6 is 0 Å². The van der Waals surface area contributed by atoms with E-state index < -0.39 is 0 Å². The minimum absolute atomic E-state index is 0.0699. The number of hydrogen-bond donors (Lipinski definition) is 0. The monoisotopic (exact) mass is 931 g/mol. The second-order valence-electron chi connectivity index (χ2n) is 25.0. The van der Waals surface area contributed by atoms with E-state index in [2.05, 4.69) is 59.8 Å². The Bertz CT molecular complexity index is 1290. The summed E-state index contributed by atoms with van der Waals surface area (Å²) in [5.41, 5.74) is 2.53. The van der Waals surface area contributed by atoms with E-state index in [1.807, 2.05) is 0 Å². The van der Waals surface area contributed by atoms with Crippen molar-refractivity contribution in [3.63, 3.8) is 0 Å². The van der Waals surface area contributed by atoms with Crippen LogP contribution in [0.4, 0.5) is 0 Å². The standard InChI is InChI=1S/C65H118O2/c1-7-8-9-10-11-12-13-14-15-16-17-18-19-20-21-22-23-24-25-26-27-28-29-30-31-32-33-34-35-36-37-38-39-40-41-45-63(66)67-58-50-52-64(5)57(54-58)46-47-59-61-49-48-60(56(4)44-42-43-55(2)3)65(61,6)53-51-62(59)64/h16-17,46,55-56,58-62H,7-15,18-45,47-54H2,1-6H3/b17-16-. The average Bonchev–Trinajstić information content (AvgIpc) is 3.67. The summed E-state index contributed by atoms with van der Waals surface area (Å²) in [5.74, 6) is 5.33. The lowest BCUT2D eigenvalue weighted by molar-refractivity contribution is -0.151. The van der Waals surface area contributed by atoms with Crippen LogP contribution in [0.3, 0.4) is 0 Å². The van der Waals surface area contributed by atoms with Gasteiger partial charge in [0.05, 0.1) is 0 Å². The first-order valence-corrected chi connectivity index (χ1v) is 31.2. The molecule has 3 saturated carbocycles. The Balaban J connectivity index is 0.870. The van der Waals surface area contributed by atoms with Gasteiger partial charge in [0, 0.05) is 12.8 Å². The summed E-state index contributed by atoms with van der Waals surface area (Å²) in [6.45, 7) is 15.0. The van der Waals surface area contributed by atoms with Crippen LogP contribution in [0, 0.1) is 46.3 Å². The molecule has 0 radical (unpaired) electrons. The summed E-state index contributed by atoms with van der Waals surface area (Å²) in [6.07, 6.45) is 69.2. The number of rotatable bonds is 41. The van der Waals surface area contributed by atoms with Crippen LogP contribution in [-0.2, 0) is 9.53 Å². The molecule has 0 bridgehead atoms. The van der Waals surface area contributed by atoms with Gasteiger partial charge in [-0.2, -0.15) is 0 Å². The van der Waals surface area contributed by atoms with Crippen LogP contribution < -0.4 is 0 Å². The summed E-state index contributed by atoms with van der Waals surface area (Å²) >= 11 is 0. The molecule has 0 aromatic heterocycles. The fraction of sp³-hybridized carbons (Fsp3) is 0.923. The van der Waals surface area contributed by atoms with Gasteiger partial charge in [0.25, 0.3) is 0 Å². The Kier molecular flexibility index (Phi) is 30.7. The first-order valence-electron chi connectivity index (χ1n) is 31.2. The lowest BCUT2D eigenvalue weighted by Gasteiger charge is -2.58. The van der Waals surface area contributed by atoms with Crippen LogP contribution in [-0.4, -0.2) is 12.1 Å². The van der Waals surface area contributed by atoms with Crippen molar-refractivity contribution < 1.29 is 9.53 Å². The quantitative estimate of drug-likeness (QED) is 0.0347. The molecular formula is C65H118O2. The second-order valence-corrected chi connectivity index (χ2v) is 25.0. The average molecular weight is 932 g/mol. The van der Waals surface area contributed by atoms with Gasteiger partial charge in [0.1, 0.15) is 6.10 Å². The molecule has 4 aliphatic carbocycles. The van der Waals surface area contributed by atoms with Gasteiger partial charge in [0.15, 0.2) is 0 Å². The van der Waals surface area contributed by atoms with Gasteiger partial charge in [0.2, 0.25) is 0 Å². The Morgan fingerprint density at radius 2 is 1.04 bits per heavy atom. The van der Waals surface area contributed by atoms with Gasteiger partial charge in [-0.25, -0.2) is 0 Å². The second kappa shape index (κ2) is 35.1. The highest BCUT2D eigenvalue weighted by Crippen LogP contribution is 2.67. The topological polar surface area (TPSA) is 26.3 Å². The summed E-state index contributed by atoms with van der Waals surface area (Å²) in [7, 11) is 0. The zero-order chi connectivity index (χ0) is 47.8. The van der Waals surface area contributed by atoms with Crippen molar-refractivity contribution in [3.05, 3.63) is 23.8 Å². The lowest BCUT2D eigenvalue weighted by atomic mass is 9.47. The van der Waals surface area contributed by atoms with Crippen molar-refractivity contribution in [2.24, 2.45) is 46.3 Å². The summed E-state index contributed by atoms with van der Waals surface area (Å²) < 4.78 is 6.19. The van der Waals surface area contributed by atoms with Gasteiger partial charge in [-0.3, -0.25) is 4.79 Å². The smallest absolute Gasteiger partial charge is 0.306 e. The van der Waals surface area contributed by atoms with Gasteiger partial charge in [-0.1, -0.05) is 264 Å². The molecule has 2 heteroatoms. The van der Waals surface area contributed by atoms with Gasteiger partial charge in [-0.15, -0.1) is 0 Å². The molecule has 0 aromatic rings. The molecule has 2 nitrogen and oxygen atoms in total. The first-order chi connectivity index (χ1) is 32.7. The number of carbonyl (C=O) groups is 1.